The molecule has 4 atom stereocenters. The van der Waals surface area contributed by atoms with Crippen LogP contribution in [0.4, 0.5) is 0 Å². The highest BCUT2D eigenvalue weighted by Gasteiger charge is 2.45. The van der Waals surface area contributed by atoms with Crippen LogP contribution in [0.2, 0.25) is 0 Å². The third-order valence-corrected chi connectivity index (χ3v) is 3.62. The van der Waals surface area contributed by atoms with E-state index in [0.29, 0.717) is 5.56 Å². The zero-order chi connectivity index (χ0) is 15.4. The van der Waals surface area contributed by atoms with Gasteiger partial charge in [0.05, 0.1) is 11.7 Å². The van der Waals surface area contributed by atoms with E-state index in [1.807, 2.05) is 19.9 Å². The fraction of sp³-hybridized carbons (Fsp3) is 0.500. The van der Waals surface area contributed by atoms with E-state index in [1.165, 1.54) is 6.92 Å². The Morgan fingerprint density at radius 1 is 1.19 bits per heavy atom. The molecule has 1 aromatic carbocycles. The maximum atomic E-state index is 12.2. The summed E-state index contributed by atoms with van der Waals surface area (Å²) >= 11 is 0. The van der Waals surface area contributed by atoms with Gasteiger partial charge in [-0.1, -0.05) is 32.0 Å². The Hall–Kier alpha value is -1.88. The second-order valence-corrected chi connectivity index (χ2v) is 5.16. The fourth-order valence-electron chi connectivity index (χ4n) is 2.49. The molecule has 114 valence electrons. The molecule has 1 aliphatic heterocycles. The molecule has 0 amide bonds. The van der Waals surface area contributed by atoms with Crippen LogP contribution >= 0.6 is 0 Å². The van der Waals surface area contributed by atoms with Crippen LogP contribution in [-0.4, -0.2) is 30.4 Å². The molecule has 1 aliphatic rings. The second kappa shape index (κ2) is 6.72. The Balaban J connectivity index is 2.11. The normalized spacial score (nSPS) is 28.1. The number of esters is 2. The van der Waals surface area contributed by atoms with Crippen LogP contribution in [0.15, 0.2) is 30.3 Å². The Morgan fingerprint density at radius 3 is 2.43 bits per heavy atom. The number of carbonyl (C=O) groups is 2. The molecule has 0 aromatic heterocycles. The molecular weight excluding hydrogens is 272 g/mol. The van der Waals surface area contributed by atoms with Crippen molar-refractivity contribution in [3.05, 3.63) is 35.9 Å². The summed E-state index contributed by atoms with van der Waals surface area (Å²) in [6.45, 7) is 5.22. The van der Waals surface area contributed by atoms with Gasteiger partial charge in [0.1, 0.15) is 0 Å². The Bertz CT molecular complexity index is 499. The maximum absolute atomic E-state index is 12.2. The van der Waals surface area contributed by atoms with Crippen molar-refractivity contribution >= 4 is 11.9 Å². The molecule has 0 spiro atoms. The van der Waals surface area contributed by atoms with Crippen LogP contribution in [0.1, 0.15) is 37.6 Å². The highest BCUT2D eigenvalue weighted by atomic mass is 16.7. The Labute approximate surface area is 124 Å². The number of hydrogen-bond donors (Lipinski definition) is 0. The van der Waals surface area contributed by atoms with Crippen molar-refractivity contribution in [2.75, 3.05) is 0 Å². The highest BCUT2D eigenvalue weighted by molar-refractivity contribution is 5.89. The molecule has 2 rings (SSSR count). The molecule has 1 fully saturated rings. The third-order valence-electron chi connectivity index (χ3n) is 3.62. The summed E-state index contributed by atoms with van der Waals surface area (Å²) in [5.41, 5.74) is 0.464. The molecular formula is C16H20O5. The van der Waals surface area contributed by atoms with Crippen molar-refractivity contribution in [2.45, 2.75) is 45.7 Å². The molecule has 0 aliphatic carbocycles. The SMILES string of the molecule is CC[C@H]1OC(OC(C)=O)[C@@H](OC(=O)c2ccccc2)C1C. The Morgan fingerprint density at radius 2 is 1.86 bits per heavy atom. The van der Waals surface area contributed by atoms with E-state index in [0.717, 1.165) is 6.42 Å². The van der Waals surface area contributed by atoms with Crippen LogP contribution in [0.3, 0.4) is 0 Å². The topological polar surface area (TPSA) is 61.8 Å². The first kappa shape index (κ1) is 15.5. The standard InChI is InChI=1S/C16H20O5/c1-4-13-10(2)14(16(20-13)19-11(3)17)21-15(18)12-8-6-5-7-9-12/h5-10,13-14,16H,4H2,1-3H3/t10?,13-,14+,16?/m1/s1. The summed E-state index contributed by atoms with van der Waals surface area (Å²) in [4.78, 5) is 23.3. The summed E-state index contributed by atoms with van der Waals surface area (Å²) in [6.07, 6.45) is -0.761. The smallest absolute Gasteiger partial charge is 0.338 e. The Kier molecular flexibility index (Phi) is 4.96. The summed E-state index contributed by atoms with van der Waals surface area (Å²) in [7, 11) is 0. The van der Waals surface area contributed by atoms with Gasteiger partial charge < -0.3 is 14.2 Å². The van der Waals surface area contributed by atoms with Crippen molar-refractivity contribution in [2.24, 2.45) is 5.92 Å². The molecule has 1 saturated heterocycles. The average Bonchev–Trinajstić information content (AvgIpc) is 2.76. The van der Waals surface area contributed by atoms with E-state index in [9.17, 15) is 9.59 Å². The van der Waals surface area contributed by atoms with Gasteiger partial charge in [-0.15, -0.1) is 0 Å². The van der Waals surface area contributed by atoms with Crippen molar-refractivity contribution in [1.29, 1.82) is 0 Å². The van der Waals surface area contributed by atoms with Gasteiger partial charge in [0.25, 0.3) is 0 Å². The monoisotopic (exact) mass is 292 g/mol. The lowest BCUT2D eigenvalue weighted by molar-refractivity contribution is -0.186. The van der Waals surface area contributed by atoms with Gasteiger partial charge in [0.15, 0.2) is 6.10 Å². The zero-order valence-corrected chi connectivity index (χ0v) is 12.4. The summed E-state index contributed by atoms with van der Waals surface area (Å²) in [5, 5.41) is 0. The van der Waals surface area contributed by atoms with E-state index in [4.69, 9.17) is 14.2 Å². The van der Waals surface area contributed by atoms with Gasteiger partial charge in [-0.3, -0.25) is 4.79 Å². The maximum Gasteiger partial charge on any atom is 0.338 e. The first-order chi connectivity index (χ1) is 10.0. The van der Waals surface area contributed by atoms with Gasteiger partial charge in [-0.2, -0.15) is 0 Å². The van der Waals surface area contributed by atoms with Crippen LogP contribution in [0, 0.1) is 5.92 Å². The lowest BCUT2D eigenvalue weighted by Crippen LogP contribution is -2.34. The van der Waals surface area contributed by atoms with Crippen molar-refractivity contribution in [1.82, 2.24) is 0 Å². The summed E-state index contributed by atoms with van der Waals surface area (Å²) in [6, 6.07) is 8.72. The van der Waals surface area contributed by atoms with Gasteiger partial charge in [-0.25, -0.2) is 4.79 Å². The number of hydrogen-bond acceptors (Lipinski definition) is 5. The summed E-state index contributed by atoms with van der Waals surface area (Å²) in [5.74, 6) is -0.929. The molecule has 2 unspecified atom stereocenters. The molecule has 0 bridgehead atoms. The highest BCUT2D eigenvalue weighted by Crippen LogP contribution is 2.32. The zero-order valence-electron chi connectivity index (χ0n) is 12.4. The minimum Gasteiger partial charge on any atom is -0.452 e. The van der Waals surface area contributed by atoms with Crippen molar-refractivity contribution < 1.29 is 23.8 Å². The van der Waals surface area contributed by atoms with Crippen molar-refractivity contribution in [3.8, 4) is 0 Å². The lowest BCUT2D eigenvalue weighted by Gasteiger charge is -2.21. The van der Waals surface area contributed by atoms with Crippen LogP contribution < -0.4 is 0 Å². The predicted molar refractivity (Wildman–Crippen MR) is 75.5 cm³/mol. The molecule has 5 heteroatoms. The first-order valence-corrected chi connectivity index (χ1v) is 7.11. The fourth-order valence-corrected chi connectivity index (χ4v) is 2.49. The van der Waals surface area contributed by atoms with Crippen LogP contribution in [0.25, 0.3) is 0 Å². The number of benzene rings is 1. The number of ether oxygens (including phenoxy) is 3. The first-order valence-electron chi connectivity index (χ1n) is 7.11. The van der Waals surface area contributed by atoms with Gasteiger partial charge >= 0.3 is 11.9 Å². The number of rotatable bonds is 4. The van der Waals surface area contributed by atoms with E-state index in [-0.39, 0.29) is 12.0 Å². The number of carbonyl (C=O) groups excluding carboxylic acids is 2. The molecule has 0 radical (unpaired) electrons. The van der Waals surface area contributed by atoms with Crippen LogP contribution in [-0.2, 0) is 19.0 Å². The predicted octanol–water partition coefficient (Wildman–Crippen LogP) is 2.55. The van der Waals surface area contributed by atoms with E-state index < -0.39 is 24.3 Å². The van der Waals surface area contributed by atoms with Crippen LogP contribution in [0.5, 0.6) is 0 Å². The molecule has 0 saturated carbocycles. The molecule has 5 nitrogen and oxygen atoms in total. The lowest BCUT2D eigenvalue weighted by atomic mass is 9.99. The molecule has 1 aromatic rings. The molecule has 21 heavy (non-hydrogen) atoms. The van der Waals surface area contributed by atoms with Crippen molar-refractivity contribution in [3.63, 3.8) is 0 Å². The van der Waals surface area contributed by atoms with E-state index in [2.05, 4.69) is 0 Å². The van der Waals surface area contributed by atoms with Gasteiger partial charge in [-0.05, 0) is 18.6 Å². The minimum atomic E-state index is -0.838. The molecule has 1 heterocycles. The molecule has 0 N–H and O–H groups in total. The minimum absolute atomic E-state index is 0.0352. The second-order valence-electron chi connectivity index (χ2n) is 5.16. The van der Waals surface area contributed by atoms with E-state index in [1.54, 1.807) is 24.3 Å². The average molecular weight is 292 g/mol. The van der Waals surface area contributed by atoms with Gasteiger partial charge in [0.2, 0.25) is 6.29 Å². The third kappa shape index (κ3) is 3.61. The largest absolute Gasteiger partial charge is 0.452 e. The van der Waals surface area contributed by atoms with E-state index >= 15 is 0 Å². The quantitative estimate of drug-likeness (QED) is 0.798. The van der Waals surface area contributed by atoms with Gasteiger partial charge in [0, 0.05) is 12.8 Å². The summed E-state index contributed by atoms with van der Waals surface area (Å²) < 4.78 is 16.3.